The van der Waals surface area contributed by atoms with Gasteiger partial charge < -0.3 is 4.74 Å². The lowest BCUT2D eigenvalue weighted by Crippen LogP contribution is -2.30. The molecule has 0 radical (unpaired) electrons. The molecule has 120 valence electrons. The standard InChI is InChI=1S/C17H18FN3O2/c1-11(22)15-6-7-16(21-15)17-19-8-13(9-20-17)23-10-12-4-2-3-5-14(12)18/h2-5,8-9,15-16,21H,6-7,10H2,1H3. The van der Waals surface area contributed by atoms with Gasteiger partial charge in [-0.05, 0) is 25.8 Å². The predicted molar refractivity (Wildman–Crippen MR) is 82.3 cm³/mol. The Labute approximate surface area is 133 Å². The minimum absolute atomic E-state index is 0.00971. The number of nitrogens with zero attached hydrogens (tertiary/aromatic N) is 2. The Kier molecular flexibility index (Phi) is 4.62. The molecular formula is C17H18FN3O2. The van der Waals surface area contributed by atoms with E-state index in [1.165, 1.54) is 6.07 Å². The average Bonchev–Trinajstić information content (AvgIpc) is 3.05. The van der Waals surface area contributed by atoms with E-state index in [1.807, 2.05) is 0 Å². The van der Waals surface area contributed by atoms with Crippen LogP contribution in [0.2, 0.25) is 0 Å². The minimum atomic E-state index is -0.296. The topological polar surface area (TPSA) is 64.1 Å². The quantitative estimate of drug-likeness (QED) is 0.919. The molecule has 0 bridgehead atoms. The van der Waals surface area contributed by atoms with E-state index in [0.717, 1.165) is 12.8 Å². The number of Topliss-reactive ketones (excluding diaryl/α,β-unsaturated/α-hetero) is 1. The van der Waals surface area contributed by atoms with Crippen LogP contribution in [0, 0.1) is 5.82 Å². The third-order valence-electron chi connectivity index (χ3n) is 3.95. The second-order valence-corrected chi connectivity index (χ2v) is 5.62. The van der Waals surface area contributed by atoms with E-state index in [0.29, 0.717) is 17.1 Å². The predicted octanol–water partition coefficient (Wildman–Crippen LogP) is 2.58. The molecule has 5 nitrogen and oxygen atoms in total. The molecule has 0 saturated carbocycles. The molecule has 1 aromatic heterocycles. The van der Waals surface area contributed by atoms with Crippen LogP contribution in [-0.4, -0.2) is 21.8 Å². The number of rotatable bonds is 5. The van der Waals surface area contributed by atoms with Gasteiger partial charge in [0.2, 0.25) is 0 Å². The SMILES string of the molecule is CC(=O)C1CCC(c2ncc(OCc3ccccc3F)cn2)N1. The van der Waals surface area contributed by atoms with Gasteiger partial charge in [0.1, 0.15) is 24.0 Å². The summed E-state index contributed by atoms with van der Waals surface area (Å²) in [7, 11) is 0. The van der Waals surface area contributed by atoms with E-state index in [1.54, 1.807) is 37.5 Å². The molecule has 6 heteroatoms. The van der Waals surface area contributed by atoms with E-state index in [9.17, 15) is 9.18 Å². The van der Waals surface area contributed by atoms with Crippen molar-refractivity contribution in [3.8, 4) is 5.75 Å². The number of aromatic nitrogens is 2. The van der Waals surface area contributed by atoms with Crippen molar-refractivity contribution in [3.63, 3.8) is 0 Å². The first-order chi connectivity index (χ1) is 11.1. The van der Waals surface area contributed by atoms with Gasteiger partial charge in [-0.15, -0.1) is 0 Å². The van der Waals surface area contributed by atoms with Crippen molar-refractivity contribution in [2.75, 3.05) is 0 Å². The molecule has 1 aliphatic rings. The van der Waals surface area contributed by atoms with Crippen molar-refractivity contribution in [1.29, 1.82) is 0 Å². The summed E-state index contributed by atoms with van der Waals surface area (Å²) in [5.41, 5.74) is 0.485. The van der Waals surface area contributed by atoms with Crippen LogP contribution in [0.25, 0.3) is 0 Å². The van der Waals surface area contributed by atoms with Gasteiger partial charge in [0, 0.05) is 5.56 Å². The van der Waals surface area contributed by atoms with Crippen LogP contribution in [-0.2, 0) is 11.4 Å². The molecule has 1 aliphatic heterocycles. The summed E-state index contributed by atoms with van der Waals surface area (Å²) < 4.78 is 19.0. The van der Waals surface area contributed by atoms with Crippen LogP contribution < -0.4 is 10.1 Å². The lowest BCUT2D eigenvalue weighted by atomic mass is 10.1. The van der Waals surface area contributed by atoms with Gasteiger partial charge in [-0.3, -0.25) is 10.1 Å². The van der Waals surface area contributed by atoms with Crippen molar-refractivity contribution in [1.82, 2.24) is 15.3 Å². The van der Waals surface area contributed by atoms with Crippen molar-refractivity contribution in [2.24, 2.45) is 0 Å². The Bertz CT molecular complexity index is 690. The second-order valence-electron chi connectivity index (χ2n) is 5.62. The molecule has 3 rings (SSSR count). The third kappa shape index (κ3) is 3.71. The van der Waals surface area contributed by atoms with E-state index in [2.05, 4.69) is 15.3 Å². The molecule has 2 atom stereocenters. The number of ketones is 1. The summed E-state index contributed by atoms with van der Waals surface area (Å²) in [6.45, 7) is 1.71. The van der Waals surface area contributed by atoms with E-state index < -0.39 is 0 Å². The lowest BCUT2D eigenvalue weighted by Gasteiger charge is -2.12. The van der Waals surface area contributed by atoms with Crippen molar-refractivity contribution in [2.45, 2.75) is 38.5 Å². The maximum absolute atomic E-state index is 13.5. The zero-order chi connectivity index (χ0) is 16.2. The summed E-state index contributed by atoms with van der Waals surface area (Å²) >= 11 is 0. The molecule has 0 aliphatic carbocycles. The molecule has 1 aromatic carbocycles. The lowest BCUT2D eigenvalue weighted by molar-refractivity contribution is -0.118. The number of hydrogen-bond acceptors (Lipinski definition) is 5. The number of benzene rings is 1. The van der Waals surface area contributed by atoms with E-state index in [4.69, 9.17) is 4.74 Å². The smallest absolute Gasteiger partial charge is 0.156 e. The number of nitrogens with one attached hydrogen (secondary N) is 1. The first-order valence-corrected chi connectivity index (χ1v) is 7.58. The van der Waals surface area contributed by atoms with E-state index in [-0.39, 0.29) is 30.3 Å². The fourth-order valence-corrected chi connectivity index (χ4v) is 2.62. The Hall–Kier alpha value is -2.34. The average molecular weight is 315 g/mol. The maximum Gasteiger partial charge on any atom is 0.156 e. The van der Waals surface area contributed by atoms with Crippen molar-refractivity contribution < 1.29 is 13.9 Å². The zero-order valence-electron chi connectivity index (χ0n) is 12.8. The van der Waals surface area contributed by atoms with Gasteiger partial charge in [-0.2, -0.15) is 0 Å². The highest BCUT2D eigenvalue weighted by molar-refractivity contribution is 5.81. The van der Waals surface area contributed by atoms with Crippen molar-refractivity contribution >= 4 is 5.78 Å². The van der Waals surface area contributed by atoms with Gasteiger partial charge in [0.15, 0.2) is 5.75 Å². The van der Waals surface area contributed by atoms with Crippen LogP contribution in [0.15, 0.2) is 36.7 Å². The first-order valence-electron chi connectivity index (χ1n) is 7.58. The highest BCUT2D eigenvalue weighted by Gasteiger charge is 2.29. The Morgan fingerprint density at radius 1 is 1.30 bits per heavy atom. The molecular weight excluding hydrogens is 297 g/mol. The highest BCUT2D eigenvalue weighted by Crippen LogP contribution is 2.25. The Morgan fingerprint density at radius 2 is 2.04 bits per heavy atom. The van der Waals surface area contributed by atoms with Crippen LogP contribution in [0.4, 0.5) is 4.39 Å². The molecule has 2 heterocycles. The summed E-state index contributed by atoms with van der Waals surface area (Å²) in [4.78, 5) is 19.9. The van der Waals surface area contributed by atoms with Crippen LogP contribution in [0.1, 0.15) is 37.2 Å². The van der Waals surface area contributed by atoms with Gasteiger partial charge in [0.05, 0.1) is 24.5 Å². The monoisotopic (exact) mass is 315 g/mol. The van der Waals surface area contributed by atoms with E-state index >= 15 is 0 Å². The molecule has 0 amide bonds. The first kappa shape index (κ1) is 15.6. The second kappa shape index (κ2) is 6.83. The number of halogens is 1. The Morgan fingerprint density at radius 3 is 2.70 bits per heavy atom. The molecule has 1 fully saturated rings. The third-order valence-corrected chi connectivity index (χ3v) is 3.95. The molecule has 1 N–H and O–H groups in total. The number of hydrogen-bond donors (Lipinski definition) is 1. The normalized spacial score (nSPS) is 20.4. The molecule has 2 unspecified atom stereocenters. The molecule has 1 saturated heterocycles. The highest BCUT2D eigenvalue weighted by atomic mass is 19.1. The van der Waals surface area contributed by atoms with Gasteiger partial charge in [-0.1, -0.05) is 18.2 Å². The molecule has 2 aromatic rings. The zero-order valence-corrected chi connectivity index (χ0v) is 12.8. The fourth-order valence-electron chi connectivity index (χ4n) is 2.62. The maximum atomic E-state index is 13.5. The van der Waals surface area contributed by atoms with Gasteiger partial charge >= 0.3 is 0 Å². The number of carbonyl (C=O) groups excluding carboxylic acids is 1. The van der Waals surface area contributed by atoms with Gasteiger partial charge in [0.25, 0.3) is 0 Å². The fraction of sp³-hybridized carbons (Fsp3) is 0.353. The molecule has 23 heavy (non-hydrogen) atoms. The summed E-state index contributed by atoms with van der Waals surface area (Å²) in [6, 6.07) is 6.35. The number of carbonyl (C=O) groups is 1. The number of ether oxygens (including phenoxy) is 1. The summed E-state index contributed by atoms with van der Waals surface area (Å²) in [6.07, 6.45) is 4.78. The summed E-state index contributed by atoms with van der Waals surface area (Å²) in [5, 5.41) is 3.23. The van der Waals surface area contributed by atoms with Crippen LogP contribution in [0.3, 0.4) is 0 Å². The van der Waals surface area contributed by atoms with Crippen molar-refractivity contribution in [3.05, 3.63) is 53.9 Å². The minimum Gasteiger partial charge on any atom is -0.486 e. The molecule has 0 spiro atoms. The van der Waals surface area contributed by atoms with Crippen LogP contribution in [0.5, 0.6) is 5.75 Å². The summed E-state index contributed by atoms with van der Waals surface area (Å²) in [5.74, 6) is 0.970. The van der Waals surface area contributed by atoms with Crippen LogP contribution >= 0.6 is 0 Å². The largest absolute Gasteiger partial charge is 0.486 e. The Balaban J connectivity index is 1.59. The van der Waals surface area contributed by atoms with Gasteiger partial charge in [-0.25, -0.2) is 14.4 Å².